The van der Waals surface area contributed by atoms with E-state index in [2.05, 4.69) is 20.7 Å². The quantitative estimate of drug-likeness (QED) is 0.161. The molecule has 4 rings (SSSR count). The second kappa shape index (κ2) is 12.0. The van der Waals surface area contributed by atoms with E-state index in [0.717, 1.165) is 35.9 Å². The first-order valence-electron chi connectivity index (χ1n) is 12.5. The molecule has 42 heavy (non-hydrogen) atoms. The van der Waals surface area contributed by atoms with Crippen molar-refractivity contribution < 1.29 is 49.4 Å². The number of alkyl halides is 6. The monoisotopic (exact) mass is 663 g/mol. The van der Waals surface area contributed by atoms with Crippen LogP contribution in [0.15, 0.2) is 59.1 Å². The van der Waals surface area contributed by atoms with Crippen LogP contribution in [0.5, 0.6) is 5.75 Å². The highest BCUT2D eigenvalue weighted by Gasteiger charge is 2.53. The summed E-state index contributed by atoms with van der Waals surface area (Å²) in [6.07, 6.45) is -4.65. The van der Waals surface area contributed by atoms with Crippen LogP contribution in [0, 0.1) is 17.6 Å². The van der Waals surface area contributed by atoms with Crippen LogP contribution in [0.1, 0.15) is 51.6 Å². The molecule has 0 N–H and O–H groups in total. The first kappa shape index (κ1) is 31.5. The zero-order valence-electron chi connectivity index (χ0n) is 21.8. The lowest BCUT2D eigenvalue weighted by Crippen LogP contribution is -2.35. The van der Waals surface area contributed by atoms with Crippen molar-refractivity contribution in [3.63, 3.8) is 0 Å². The largest absolute Gasteiger partial charge is 0.434 e. The maximum Gasteiger partial charge on any atom is 0.426 e. The predicted octanol–water partition coefficient (Wildman–Crippen LogP) is 8.56. The lowest BCUT2D eigenvalue weighted by atomic mass is 9.93. The summed E-state index contributed by atoms with van der Waals surface area (Å²) in [6.45, 7) is -3.22. The Hall–Kier alpha value is -3.48. The van der Waals surface area contributed by atoms with Crippen LogP contribution < -0.4 is 9.64 Å². The number of halogens is 9. The first-order chi connectivity index (χ1) is 19.6. The highest BCUT2D eigenvalue weighted by Crippen LogP contribution is 2.45. The van der Waals surface area contributed by atoms with Gasteiger partial charge in [0.25, 0.3) is 5.91 Å². The van der Waals surface area contributed by atoms with Crippen LogP contribution in [-0.4, -0.2) is 31.0 Å². The summed E-state index contributed by atoms with van der Waals surface area (Å²) in [5.41, 5.74) is -6.09. The number of carbonyl (C=O) groups is 2. The fourth-order valence-corrected chi connectivity index (χ4v) is 4.80. The summed E-state index contributed by atoms with van der Waals surface area (Å²) in [4.78, 5) is 27.6. The first-order valence-corrected chi connectivity index (χ1v) is 13.3. The molecule has 4 nitrogen and oxygen atoms in total. The van der Waals surface area contributed by atoms with Crippen LogP contribution in [0.3, 0.4) is 0 Å². The van der Waals surface area contributed by atoms with Crippen molar-refractivity contribution in [1.82, 2.24) is 0 Å². The minimum atomic E-state index is -5.40. The fourth-order valence-electron chi connectivity index (χ4n) is 4.22. The van der Waals surface area contributed by atoms with E-state index in [1.54, 1.807) is 0 Å². The highest BCUT2D eigenvalue weighted by molar-refractivity contribution is 9.10. The molecule has 3 aromatic carbocycles. The summed E-state index contributed by atoms with van der Waals surface area (Å²) < 4.78 is 114. The lowest BCUT2D eigenvalue weighted by Gasteiger charge is -2.26. The van der Waals surface area contributed by atoms with Crippen molar-refractivity contribution in [2.75, 3.05) is 11.4 Å². The average Bonchev–Trinajstić information content (AvgIpc) is 3.72. The Balaban J connectivity index is 1.70. The number of ether oxygens (including phenoxy) is 1. The zero-order chi connectivity index (χ0) is 31.0. The van der Waals surface area contributed by atoms with Gasteiger partial charge in [-0.2, -0.15) is 22.0 Å². The normalized spacial score (nSPS) is 14.9. The van der Waals surface area contributed by atoms with Gasteiger partial charge in [-0.1, -0.05) is 22.0 Å². The van der Waals surface area contributed by atoms with Crippen molar-refractivity contribution in [3.05, 3.63) is 93.0 Å². The van der Waals surface area contributed by atoms with Gasteiger partial charge in [0.1, 0.15) is 11.6 Å². The molecule has 1 saturated carbocycles. The Labute approximate surface area is 243 Å². The van der Waals surface area contributed by atoms with Crippen LogP contribution in [0.4, 0.5) is 40.8 Å². The van der Waals surface area contributed by atoms with E-state index >= 15 is 4.39 Å². The van der Waals surface area contributed by atoms with Gasteiger partial charge in [0.2, 0.25) is 5.67 Å². The van der Waals surface area contributed by atoms with Crippen LogP contribution >= 0.6 is 15.9 Å². The molecule has 13 heteroatoms. The van der Waals surface area contributed by atoms with Crippen LogP contribution in [0.2, 0.25) is 0 Å². The van der Waals surface area contributed by atoms with Gasteiger partial charge < -0.3 is 9.64 Å². The second-order valence-corrected chi connectivity index (χ2v) is 10.8. The van der Waals surface area contributed by atoms with Crippen molar-refractivity contribution in [2.24, 2.45) is 5.92 Å². The van der Waals surface area contributed by atoms with Gasteiger partial charge in [-0.15, -0.1) is 0 Å². The summed E-state index contributed by atoms with van der Waals surface area (Å²) in [7, 11) is 0. The number of Topliss-reactive ketones (excluding diaryl/α,β-unsaturated/α-hetero) is 1. The number of amides is 1. The van der Waals surface area contributed by atoms with Crippen molar-refractivity contribution >= 4 is 33.3 Å². The van der Waals surface area contributed by atoms with E-state index in [4.69, 9.17) is 0 Å². The number of hydrogen-bond acceptors (Lipinski definition) is 3. The van der Waals surface area contributed by atoms with Crippen LogP contribution in [-0.2, 0) is 12.1 Å². The average molecular weight is 664 g/mol. The number of hydrogen-bond donors (Lipinski definition) is 0. The van der Waals surface area contributed by atoms with Gasteiger partial charge in [-0.05, 0) is 74.2 Å². The minimum absolute atomic E-state index is 0.0738. The van der Waals surface area contributed by atoms with E-state index in [1.165, 1.54) is 24.3 Å². The number of anilines is 1. The number of ketones is 1. The molecule has 0 bridgehead atoms. The topological polar surface area (TPSA) is 46.6 Å². The van der Waals surface area contributed by atoms with E-state index in [9.17, 15) is 40.3 Å². The zero-order valence-corrected chi connectivity index (χ0v) is 23.3. The Bertz CT molecular complexity index is 1490. The van der Waals surface area contributed by atoms with Gasteiger partial charge in [-0.25, -0.2) is 13.2 Å². The Morgan fingerprint density at radius 3 is 2.24 bits per heavy atom. The Morgan fingerprint density at radius 2 is 1.67 bits per heavy atom. The summed E-state index contributed by atoms with van der Waals surface area (Å²) in [6, 6.07) is 9.37. The maximum absolute atomic E-state index is 15.8. The molecule has 0 heterocycles. The van der Waals surface area contributed by atoms with Gasteiger partial charge >= 0.3 is 12.8 Å². The van der Waals surface area contributed by atoms with E-state index in [-0.39, 0.29) is 40.7 Å². The molecular formula is C29H22BrF8NO3. The Kier molecular flexibility index (Phi) is 9.00. The molecule has 1 atom stereocenters. The molecule has 1 unspecified atom stereocenters. The van der Waals surface area contributed by atoms with Crippen LogP contribution in [0.25, 0.3) is 0 Å². The number of carbonyl (C=O) groups excluding carboxylic acids is 2. The number of nitrogens with zero attached hydrogens (tertiary/aromatic N) is 1. The van der Waals surface area contributed by atoms with E-state index in [1.807, 2.05) is 0 Å². The third-order valence-electron chi connectivity index (χ3n) is 6.83. The second-order valence-electron chi connectivity index (χ2n) is 9.92. The molecular weight excluding hydrogens is 642 g/mol. The molecule has 0 saturated heterocycles. The Morgan fingerprint density at radius 1 is 1.02 bits per heavy atom. The molecule has 0 aliphatic heterocycles. The van der Waals surface area contributed by atoms with Gasteiger partial charge in [0.15, 0.2) is 11.6 Å². The van der Waals surface area contributed by atoms with Gasteiger partial charge in [-0.3, -0.25) is 9.59 Å². The number of benzene rings is 3. The van der Waals surface area contributed by atoms with Gasteiger partial charge in [0.05, 0.1) is 11.3 Å². The van der Waals surface area contributed by atoms with E-state index < -0.39 is 65.1 Å². The molecule has 3 aromatic rings. The van der Waals surface area contributed by atoms with Gasteiger partial charge in [0, 0.05) is 34.1 Å². The molecule has 0 aromatic heterocycles. The molecule has 1 amide bonds. The van der Waals surface area contributed by atoms with E-state index in [0.29, 0.717) is 12.1 Å². The summed E-state index contributed by atoms with van der Waals surface area (Å²) in [5, 5.41) is 0. The maximum atomic E-state index is 15.8. The SMILES string of the molecule is CC(F)(c1cc(Br)c(CC(=O)c2cccc(N(CC3CC3)C(=O)c3ccc(F)cc3)c2F)c(OC(F)F)c1)C(F)(F)F. The third-order valence-corrected chi connectivity index (χ3v) is 7.53. The standard InChI is InChI=1S/C29H22BrF8NO3/c1-28(35,29(36,37)38)17-11-21(30)20(24(12-17)42-27(33)34)13-23(40)19-3-2-4-22(25(19)32)39(14-15-5-6-15)26(41)16-7-9-18(31)10-8-16/h2-4,7-12,15,27H,5-6,13-14H2,1H3. The molecule has 224 valence electrons. The highest BCUT2D eigenvalue weighted by atomic mass is 79.9. The lowest BCUT2D eigenvalue weighted by molar-refractivity contribution is -0.228. The minimum Gasteiger partial charge on any atom is -0.434 e. The molecule has 1 fully saturated rings. The summed E-state index contributed by atoms with van der Waals surface area (Å²) >= 11 is 2.90. The number of rotatable bonds is 10. The van der Waals surface area contributed by atoms with Crippen molar-refractivity contribution in [2.45, 2.75) is 44.6 Å². The van der Waals surface area contributed by atoms with Crippen molar-refractivity contribution in [1.29, 1.82) is 0 Å². The van der Waals surface area contributed by atoms with Crippen molar-refractivity contribution in [3.8, 4) is 5.75 Å². The fraction of sp³-hybridized carbons (Fsp3) is 0.310. The molecule has 1 aliphatic rings. The molecule has 0 spiro atoms. The smallest absolute Gasteiger partial charge is 0.426 e. The molecule has 1 aliphatic carbocycles. The molecule has 0 radical (unpaired) electrons. The third kappa shape index (κ3) is 6.77. The summed E-state index contributed by atoms with van der Waals surface area (Å²) in [5.74, 6) is -4.14. The predicted molar refractivity (Wildman–Crippen MR) is 141 cm³/mol.